The van der Waals surface area contributed by atoms with Crippen LogP contribution in [0.25, 0.3) is 5.70 Å². The van der Waals surface area contributed by atoms with E-state index in [0.717, 1.165) is 42.1 Å². The van der Waals surface area contributed by atoms with Crippen molar-refractivity contribution in [1.29, 1.82) is 5.26 Å². The van der Waals surface area contributed by atoms with E-state index in [9.17, 15) is 0 Å². The molecule has 146 valence electrons. The van der Waals surface area contributed by atoms with Gasteiger partial charge in [0.15, 0.2) is 0 Å². The van der Waals surface area contributed by atoms with Crippen LogP contribution in [0.3, 0.4) is 0 Å². The Hall–Kier alpha value is -3.43. The topological polar surface area (TPSA) is 36.3 Å². The van der Waals surface area contributed by atoms with Gasteiger partial charge in [-0.3, -0.25) is 0 Å². The van der Waals surface area contributed by atoms with Gasteiger partial charge in [-0.1, -0.05) is 56.0 Å². The molecule has 29 heavy (non-hydrogen) atoms. The van der Waals surface area contributed by atoms with Gasteiger partial charge in [0.2, 0.25) is 0 Å². The number of hydrogen-bond donors (Lipinski definition) is 0. The molecule has 1 fully saturated rings. The highest BCUT2D eigenvalue weighted by Gasteiger charge is 2.31. The van der Waals surface area contributed by atoms with Crippen molar-refractivity contribution in [2.75, 3.05) is 20.2 Å². The first-order valence-electron chi connectivity index (χ1n) is 9.72. The zero-order valence-electron chi connectivity index (χ0n) is 17.3. The first-order chi connectivity index (χ1) is 13.9. The third kappa shape index (κ3) is 4.89. The summed E-state index contributed by atoms with van der Waals surface area (Å²) < 4.78 is 5.34. The Balaban J connectivity index is 1.73. The van der Waals surface area contributed by atoms with Crippen molar-refractivity contribution in [3.05, 3.63) is 83.4 Å². The summed E-state index contributed by atoms with van der Waals surface area (Å²) in [6.07, 6.45) is 2.99. The van der Waals surface area contributed by atoms with E-state index in [-0.39, 0.29) is 5.41 Å². The molecule has 0 atom stereocenters. The molecule has 0 N–H and O–H groups in total. The van der Waals surface area contributed by atoms with Crippen molar-refractivity contribution in [3.63, 3.8) is 0 Å². The van der Waals surface area contributed by atoms with E-state index in [1.807, 2.05) is 42.5 Å². The molecule has 0 unspecified atom stereocenters. The largest absolute Gasteiger partial charge is 0.497 e. The minimum atomic E-state index is 0.00321. The van der Waals surface area contributed by atoms with Gasteiger partial charge in [0, 0.05) is 35.3 Å². The molecule has 2 aromatic rings. The summed E-state index contributed by atoms with van der Waals surface area (Å²) in [5.74, 6) is 7.19. The van der Waals surface area contributed by atoms with Crippen molar-refractivity contribution in [3.8, 4) is 23.7 Å². The number of nitrogens with zero attached hydrogens (tertiary/aromatic N) is 2. The fourth-order valence-corrected chi connectivity index (χ4v) is 3.61. The van der Waals surface area contributed by atoms with Gasteiger partial charge >= 0.3 is 0 Å². The monoisotopic (exact) mass is 382 g/mol. The van der Waals surface area contributed by atoms with E-state index in [1.165, 1.54) is 5.57 Å². The summed E-state index contributed by atoms with van der Waals surface area (Å²) in [5.41, 5.74) is 4.96. The maximum Gasteiger partial charge on any atom is 0.119 e. The highest BCUT2D eigenvalue weighted by atomic mass is 16.5. The first kappa shape index (κ1) is 20.3. The van der Waals surface area contributed by atoms with Crippen LogP contribution in [0.5, 0.6) is 5.75 Å². The number of hydrogen-bond acceptors (Lipinski definition) is 3. The Bertz CT molecular complexity index is 1040. The van der Waals surface area contributed by atoms with Crippen molar-refractivity contribution < 1.29 is 4.74 Å². The molecule has 0 saturated carbocycles. The van der Waals surface area contributed by atoms with Gasteiger partial charge in [0.05, 0.1) is 18.7 Å². The molecule has 3 nitrogen and oxygen atoms in total. The fraction of sp³-hybridized carbons (Fsp3) is 0.269. The third-order valence-corrected chi connectivity index (χ3v) is 5.35. The molecule has 3 heteroatoms. The molecule has 3 rings (SSSR count). The number of benzene rings is 2. The zero-order valence-corrected chi connectivity index (χ0v) is 17.3. The molecule has 1 aliphatic heterocycles. The predicted molar refractivity (Wildman–Crippen MR) is 118 cm³/mol. The lowest BCUT2D eigenvalue weighted by atomic mass is 9.78. The van der Waals surface area contributed by atoms with Gasteiger partial charge in [-0.2, -0.15) is 5.26 Å². The molecular formula is C26H26N2O. The van der Waals surface area contributed by atoms with Crippen molar-refractivity contribution in [2.45, 2.75) is 20.3 Å². The minimum Gasteiger partial charge on any atom is -0.497 e. The molecule has 0 radical (unpaired) electrons. The number of methoxy groups -OCH3 is 1. The predicted octanol–water partition coefficient (Wildman–Crippen LogP) is 5.25. The van der Waals surface area contributed by atoms with Crippen LogP contribution in [0.15, 0.2) is 66.8 Å². The second-order valence-corrected chi connectivity index (χ2v) is 7.87. The SMILES string of the molecule is C=C(c1cccc(OC)c1)N1CC/C(=C\C#Cc2cccc(C#N)c2)C(C)(C)C1. The van der Waals surface area contributed by atoms with Crippen LogP contribution >= 0.6 is 0 Å². The smallest absolute Gasteiger partial charge is 0.119 e. The normalized spacial score (nSPS) is 16.5. The molecule has 2 aromatic carbocycles. The van der Waals surface area contributed by atoms with E-state index in [4.69, 9.17) is 10.00 Å². The van der Waals surface area contributed by atoms with Crippen molar-refractivity contribution in [2.24, 2.45) is 5.41 Å². The molecule has 0 bridgehead atoms. The number of allylic oxidation sites excluding steroid dienone is 1. The Kier molecular flexibility index (Phi) is 6.10. The number of ether oxygens (including phenoxy) is 1. The molecular weight excluding hydrogens is 356 g/mol. The highest BCUT2D eigenvalue weighted by molar-refractivity contribution is 5.63. The summed E-state index contributed by atoms with van der Waals surface area (Å²) in [4.78, 5) is 2.34. The highest BCUT2D eigenvalue weighted by Crippen LogP contribution is 2.37. The van der Waals surface area contributed by atoms with Crippen LogP contribution in [0.4, 0.5) is 0 Å². The second kappa shape index (κ2) is 8.72. The third-order valence-electron chi connectivity index (χ3n) is 5.35. The molecule has 0 amide bonds. The Morgan fingerprint density at radius 3 is 2.66 bits per heavy atom. The van der Waals surface area contributed by atoms with Gasteiger partial charge in [-0.05, 0) is 42.8 Å². The second-order valence-electron chi connectivity index (χ2n) is 7.87. The average Bonchev–Trinajstić information content (AvgIpc) is 2.74. The number of nitriles is 1. The molecule has 1 saturated heterocycles. The van der Waals surface area contributed by atoms with Gasteiger partial charge in [0.25, 0.3) is 0 Å². The van der Waals surface area contributed by atoms with Crippen molar-refractivity contribution in [1.82, 2.24) is 4.90 Å². The van der Waals surface area contributed by atoms with Gasteiger partial charge in [-0.25, -0.2) is 0 Å². The number of piperidine rings is 1. The first-order valence-corrected chi connectivity index (χ1v) is 9.72. The van der Waals surface area contributed by atoms with Crippen LogP contribution in [0.1, 0.15) is 37.0 Å². The fourth-order valence-electron chi connectivity index (χ4n) is 3.61. The lowest BCUT2D eigenvalue weighted by Gasteiger charge is -2.42. The molecule has 0 aromatic heterocycles. The van der Waals surface area contributed by atoms with Gasteiger partial charge in [-0.15, -0.1) is 0 Å². The Morgan fingerprint density at radius 1 is 1.17 bits per heavy atom. The van der Waals surface area contributed by atoms with Crippen LogP contribution in [-0.2, 0) is 0 Å². The van der Waals surface area contributed by atoms with Crippen LogP contribution in [-0.4, -0.2) is 25.1 Å². The molecule has 1 heterocycles. The van der Waals surface area contributed by atoms with Gasteiger partial charge in [0.1, 0.15) is 5.75 Å². The lowest BCUT2D eigenvalue weighted by molar-refractivity contribution is 0.235. The maximum atomic E-state index is 9.01. The summed E-state index contributed by atoms with van der Waals surface area (Å²) in [6, 6.07) is 17.6. The van der Waals surface area contributed by atoms with Crippen LogP contribution in [0, 0.1) is 28.6 Å². The molecule has 0 aliphatic carbocycles. The van der Waals surface area contributed by atoms with E-state index in [0.29, 0.717) is 5.56 Å². The van der Waals surface area contributed by atoms with E-state index in [1.54, 1.807) is 13.2 Å². The lowest BCUT2D eigenvalue weighted by Crippen LogP contribution is -2.40. The summed E-state index contributed by atoms with van der Waals surface area (Å²) >= 11 is 0. The Morgan fingerprint density at radius 2 is 1.93 bits per heavy atom. The molecule has 0 spiro atoms. The number of likely N-dealkylation sites (tertiary alicyclic amines) is 1. The standard InChI is InChI=1S/C26H26N2O/c1-20(23-11-7-13-25(17-23)29-4)28-15-14-24(26(2,3)19-28)12-6-9-21-8-5-10-22(16-21)18-27/h5,7-8,10-13,16-17H,1,14-15,19H2,2-4H3/b24-12+. The van der Waals surface area contributed by atoms with Crippen molar-refractivity contribution >= 4 is 5.70 Å². The average molecular weight is 383 g/mol. The Labute approximate surface area is 173 Å². The van der Waals surface area contributed by atoms with E-state index in [2.05, 4.69) is 49.3 Å². The maximum absolute atomic E-state index is 9.01. The van der Waals surface area contributed by atoms with E-state index < -0.39 is 0 Å². The quantitative estimate of drug-likeness (QED) is 0.681. The van der Waals surface area contributed by atoms with Crippen LogP contribution < -0.4 is 4.74 Å². The minimum absolute atomic E-state index is 0.00321. The number of rotatable bonds is 3. The summed E-state index contributed by atoms with van der Waals surface area (Å²) in [6.45, 7) is 10.6. The summed E-state index contributed by atoms with van der Waals surface area (Å²) in [5, 5.41) is 9.01. The molecule has 1 aliphatic rings. The zero-order chi connectivity index (χ0) is 20.9. The summed E-state index contributed by atoms with van der Waals surface area (Å²) in [7, 11) is 1.68. The van der Waals surface area contributed by atoms with Crippen LogP contribution in [0.2, 0.25) is 0 Å². The van der Waals surface area contributed by atoms with Gasteiger partial charge < -0.3 is 9.64 Å². The van der Waals surface area contributed by atoms with E-state index >= 15 is 0 Å².